The number of rotatable bonds is 7. The molecule has 0 aromatic heterocycles. The number of hydrogen-bond donors (Lipinski definition) is 1. The van der Waals surface area contributed by atoms with Gasteiger partial charge in [0.1, 0.15) is 11.5 Å². The Hall–Kier alpha value is -3.72. The van der Waals surface area contributed by atoms with Crippen molar-refractivity contribution >= 4 is 23.1 Å². The number of benzene rings is 2. The molecule has 0 spiro atoms. The molecule has 0 aliphatic carbocycles. The van der Waals surface area contributed by atoms with E-state index in [0.717, 1.165) is 0 Å². The SMILES string of the molecule is COc1ccc(C(O)=C2C(=O)C(=O)N(CCN(C)C)[C@H]2c2ccc([N+](=O)[O-])cc2)cc1. The van der Waals surface area contributed by atoms with Crippen LogP contribution in [0.5, 0.6) is 5.75 Å². The number of Topliss-reactive ketones (excluding diaryl/α,β-unsaturated/α-hetero) is 1. The highest BCUT2D eigenvalue weighted by Gasteiger charge is 2.45. The van der Waals surface area contributed by atoms with Gasteiger partial charge in [0.2, 0.25) is 0 Å². The molecule has 9 heteroatoms. The van der Waals surface area contributed by atoms with E-state index in [4.69, 9.17) is 4.74 Å². The van der Waals surface area contributed by atoms with Crippen molar-refractivity contribution in [2.45, 2.75) is 6.04 Å². The largest absolute Gasteiger partial charge is 0.507 e. The molecule has 2 aromatic rings. The molecule has 0 unspecified atom stereocenters. The van der Waals surface area contributed by atoms with E-state index >= 15 is 0 Å². The van der Waals surface area contributed by atoms with Crippen LogP contribution in [0, 0.1) is 10.1 Å². The van der Waals surface area contributed by atoms with Crippen LogP contribution in [0.1, 0.15) is 17.2 Å². The molecule has 3 rings (SSSR count). The summed E-state index contributed by atoms with van der Waals surface area (Å²) in [6, 6.07) is 11.2. The summed E-state index contributed by atoms with van der Waals surface area (Å²) in [4.78, 5) is 39.5. The van der Waals surface area contributed by atoms with E-state index in [1.54, 1.807) is 24.3 Å². The van der Waals surface area contributed by atoms with Crippen molar-refractivity contribution in [1.82, 2.24) is 9.80 Å². The maximum absolute atomic E-state index is 12.9. The molecule has 1 amide bonds. The van der Waals surface area contributed by atoms with Gasteiger partial charge in [-0.15, -0.1) is 0 Å². The van der Waals surface area contributed by atoms with E-state index in [9.17, 15) is 24.8 Å². The normalized spacial score (nSPS) is 17.9. The van der Waals surface area contributed by atoms with E-state index in [2.05, 4.69) is 0 Å². The maximum Gasteiger partial charge on any atom is 0.295 e. The Kier molecular flexibility index (Phi) is 6.36. The molecule has 162 valence electrons. The molecule has 1 aliphatic rings. The van der Waals surface area contributed by atoms with Crippen LogP contribution in [0.4, 0.5) is 5.69 Å². The Labute approximate surface area is 179 Å². The van der Waals surface area contributed by atoms with E-state index in [1.165, 1.54) is 36.3 Å². The lowest BCUT2D eigenvalue weighted by atomic mass is 9.95. The van der Waals surface area contributed by atoms with Crippen molar-refractivity contribution < 1.29 is 24.4 Å². The van der Waals surface area contributed by atoms with Gasteiger partial charge in [-0.05, 0) is 56.1 Å². The summed E-state index contributed by atoms with van der Waals surface area (Å²) >= 11 is 0. The number of ketones is 1. The summed E-state index contributed by atoms with van der Waals surface area (Å²) < 4.78 is 5.12. The predicted molar refractivity (Wildman–Crippen MR) is 114 cm³/mol. The number of carbonyl (C=O) groups excluding carboxylic acids is 2. The van der Waals surface area contributed by atoms with Crippen LogP contribution in [-0.4, -0.2) is 65.8 Å². The van der Waals surface area contributed by atoms with Gasteiger partial charge < -0.3 is 19.6 Å². The number of nitro groups is 1. The van der Waals surface area contributed by atoms with Gasteiger partial charge in [-0.3, -0.25) is 19.7 Å². The highest BCUT2D eigenvalue weighted by Crippen LogP contribution is 2.39. The van der Waals surface area contributed by atoms with Gasteiger partial charge in [-0.1, -0.05) is 0 Å². The summed E-state index contributed by atoms with van der Waals surface area (Å²) in [7, 11) is 5.20. The molecule has 2 aromatic carbocycles. The molecule has 9 nitrogen and oxygen atoms in total. The zero-order valence-corrected chi connectivity index (χ0v) is 17.4. The number of aliphatic hydroxyl groups excluding tert-OH is 1. The number of nitro benzene ring substituents is 1. The maximum atomic E-state index is 12.9. The molecule has 1 aliphatic heterocycles. The summed E-state index contributed by atoms with van der Waals surface area (Å²) in [6.45, 7) is 0.748. The number of ether oxygens (including phenoxy) is 1. The minimum atomic E-state index is -0.858. The van der Waals surface area contributed by atoms with Crippen molar-refractivity contribution in [2.24, 2.45) is 0 Å². The first-order valence-electron chi connectivity index (χ1n) is 9.56. The van der Waals surface area contributed by atoms with Crippen molar-refractivity contribution in [2.75, 3.05) is 34.3 Å². The molecule has 31 heavy (non-hydrogen) atoms. The van der Waals surface area contributed by atoms with Crippen molar-refractivity contribution in [3.8, 4) is 5.75 Å². The van der Waals surface area contributed by atoms with E-state index < -0.39 is 22.7 Å². The number of amides is 1. The Morgan fingerprint density at radius 2 is 1.74 bits per heavy atom. The lowest BCUT2D eigenvalue weighted by Gasteiger charge is -2.26. The number of nitrogens with zero attached hydrogens (tertiary/aromatic N) is 3. The van der Waals surface area contributed by atoms with Crippen LogP contribution < -0.4 is 4.74 Å². The molecular weight excluding hydrogens is 402 g/mol. The van der Waals surface area contributed by atoms with Gasteiger partial charge in [0.15, 0.2) is 0 Å². The first-order valence-corrected chi connectivity index (χ1v) is 9.56. The Morgan fingerprint density at radius 1 is 1.13 bits per heavy atom. The van der Waals surface area contributed by atoms with Crippen LogP contribution in [0.3, 0.4) is 0 Å². The number of carbonyl (C=O) groups is 2. The van der Waals surface area contributed by atoms with Crippen LogP contribution in [0.15, 0.2) is 54.1 Å². The summed E-state index contributed by atoms with van der Waals surface area (Å²) in [5, 5.41) is 22.0. The second-order valence-electron chi connectivity index (χ2n) is 7.37. The Bertz CT molecular complexity index is 1030. The summed E-state index contributed by atoms with van der Waals surface area (Å²) in [5.41, 5.74) is 0.698. The average molecular weight is 425 g/mol. The van der Waals surface area contributed by atoms with Gasteiger partial charge in [-0.2, -0.15) is 0 Å². The minimum absolute atomic E-state index is 0.0530. The zero-order valence-electron chi connectivity index (χ0n) is 17.4. The third kappa shape index (κ3) is 4.41. The first kappa shape index (κ1) is 22.0. The number of likely N-dealkylation sites (N-methyl/N-ethyl adjacent to an activating group) is 1. The fraction of sp³-hybridized carbons (Fsp3) is 0.273. The molecule has 0 radical (unpaired) electrons. The zero-order chi connectivity index (χ0) is 22.7. The molecule has 1 heterocycles. The number of methoxy groups -OCH3 is 1. The smallest absolute Gasteiger partial charge is 0.295 e. The second kappa shape index (κ2) is 8.97. The molecular formula is C22H23N3O6. The van der Waals surface area contributed by atoms with E-state index in [0.29, 0.717) is 23.4 Å². The third-order valence-corrected chi connectivity index (χ3v) is 5.11. The molecule has 1 fully saturated rings. The number of likely N-dealkylation sites (tertiary alicyclic amines) is 1. The van der Waals surface area contributed by atoms with Crippen LogP contribution in [-0.2, 0) is 9.59 Å². The molecule has 0 bridgehead atoms. The standard InChI is InChI=1S/C22H23N3O6/c1-23(2)12-13-24-19(14-4-8-16(9-5-14)25(29)30)18(21(27)22(24)28)20(26)15-6-10-17(31-3)11-7-15/h4-11,19,26H,12-13H2,1-3H3/t19-/m0/s1. The van der Waals surface area contributed by atoms with E-state index in [1.807, 2.05) is 19.0 Å². The number of hydrogen-bond acceptors (Lipinski definition) is 7. The van der Waals surface area contributed by atoms with Crippen molar-refractivity contribution in [1.29, 1.82) is 0 Å². The molecule has 1 N–H and O–H groups in total. The third-order valence-electron chi connectivity index (χ3n) is 5.11. The quantitative estimate of drug-likeness (QED) is 0.238. The van der Waals surface area contributed by atoms with E-state index in [-0.39, 0.29) is 23.6 Å². The monoisotopic (exact) mass is 425 g/mol. The topological polar surface area (TPSA) is 113 Å². The average Bonchev–Trinajstić information content (AvgIpc) is 3.02. The fourth-order valence-corrected chi connectivity index (χ4v) is 3.45. The minimum Gasteiger partial charge on any atom is -0.507 e. The highest BCUT2D eigenvalue weighted by molar-refractivity contribution is 6.46. The van der Waals surface area contributed by atoms with Crippen molar-refractivity contribution in [3.63, 3.8) is 0 Å². The molecule has 1 atom stereocenters. The Balaban J connectivity index is 2.12. The number of aliphatic hydroxyl groups is 1. The molecule has 1 saturated heterocycles. The van der Waals surface area contributed by atoms with Crippen molar-refractivity contribution in [3.05, 3.63) is 75.3 Å². The van der Waals surface area contributed by atoms with Crippen LogP contribution in [0.2, 0.25) is 0 Å². The van der Waals surface area contributed by atoms with Gasteiger partial charge in [-0.25, -0.2) is 0 Å². The Morgan fingerprint density at radius 3 is 2.26 bits per heavy atom. The van der Waals surface area contributed by atoms with Gasteiger partial charge in [0.25, 0.3) is 17.4 Å². The number of non-ortho nitro benzene ring substituents is 1. The highest BCUT2D eigenvalue weighted by atomic mass is 16.6. The van der Waals surface area contributed by atoms with Crippen LogP contribution in [0.25, 0.3) is 5.76 Å². The summed E-state index contributed by atoms with van der Waals surface area (Å²) in [5.74, 6) is -1.25. The lowest BCUT2D eigenvalue weighted by Crippen LogP contribution is -2.35. The van der Waals surface area contributed by atoms with Gasteiger partial charge in [0, 0.05) is 30.8 Å². The first-order chi connectivity index (χ1) is 14.7. The van der Waals surface area contributed by atoms with Crippen LogP contribution >= 0.6 is 0 Å². The summed E-state index contributed by atoms with van der Waals surface area (Å²) in [6.07, 6.45) is 0. The fourth-order valence-electron chi connectivity index (χ4n) is 3.45. The lowest BCUT2D eigenvalue weighted by molar-refractivity contribution is -0.384. The second-order valence-corrected chi connectivity index (χ2v) is 7.37. The van der Waals surface area contributed by atoms with Gasteiger partial charge in [0.05, 0.1) is 23.6 Å². The predicted octanol–water partition coefficient (Wildman–Crippen LogP) is 2.59. The molecule has 0 saturated carbocycles. The van der Waals surface area contributed by atoms with Gasteiger partial charge >= 0.3 is 0 Å².